The summed E-state index contributed by atoms with van der Waals surface area (Å²) in [6, 6.07) is 0.807. The number of nitrogens with zero attached hydrogens (tertiary/aromatic N) is 1. The van der Waals surface area contributed by atoms with Crippen molar-refractivity contribution in [3.8, 4) is 12.3 Å². The Kier molecular flexibility index (Phi) is 3.44. The van der Waals surface area contributed by atoms with Crippen molar-refractivity contribution in [3.63, 3.8) is 0 Å². The fraction of sp³-hybridized carbons (Fsp3) is 0.833. The van der Waals surface area contributed by atoms with Crippen molar-refractivity contribution in [1.29, 1.82) is 0 Å². The highest BCUT2D eigenvalue weighted by atomic mass is 15.2. The van der Waals surface area contributed by atoms with Crippen LogP contribution in [0.2, 0.25) is 0 Å². The van der Waals surface area contributed by atoms with Crippen LogP contribution in [0, 0.1) is 18.3 Å². The fourth-order valence-corrected chi connectivity index (χ4v) is 2.83. The lowest BCUT2D eigenvalue weighted by Crippen LogP contribution is -2.45. The summed E-state index contributed by atoms with van der Waals surface area (Å²) in [5.74, 6) is 3.64. The van der Waals surface area contributed by atoms with Crippen LogP contribution in [0.4, 0.5) is 0 Å². The molecule has 2 heteroatoms. The molecule has 2 fully saturated rings. The van der Waals surface area contributed by atoms with Crippen LogP contribution >= 0.6 is 0 Å². The molecule has 0 amide bonds. The molecule has 0 saturated carbocycles. The van der Waals surface area contributed by atoms with Gasteiger partial charge in [-0.25, -0.2) is 0 Å². The molecule has 2 heterocycles. The molecule has 2 unspecified atom stereocenters. The van der Waals surface area contributed by atoms with Crippen LogP contribution < -0.4 is 5.32 Å². The zero-order chi connectivity index (χ0) is 9.80. The Balaban J connectivity index is 1.81. The first-order valence-corrected chi connectivity index (χ1v) is 5.80. The number of unbranched alkanes of at least 4 members (excludes halogenated alkanes) is 1. The summed E-state index contributed by atoms with van der Waals surface area (Å²) < 4.78 is 0. The molecule has 2 nitrogen and oxygen atoms in total. The van der Waals surface area contributed by atoms with Crippen LogP contribution in [0.3, 0.4) is 0 Å². The van der Waals surface area contributed by atoms with Crippen molar-refractivity contribution >= 4 is 0 Å². The van der Waals surface area contributed by atoms with Crippen molar-refractivity contribution in [2.24, 2.45) is 5.92 Å². The second kappa shape index (κ2) is 4.82. The zero-order valence-corrected chi connectivity index (χ0v) is 8.84. The number of piperidine rings is 1. The summed E-state index contributed by atoms with van der Waals surface area (Å²) in [6.45, 7) is 4.91. The number of hydrogen-bond donors (Lipinski definition) is 1. The second-order valence-electron chi connectivity index (χ2n) is 4.47. The van der Waals surface area contributed by atoms with Crippen LogP contribution in [0.15, 0.2) is 0 Å². The molecule has 78 valence electrons. The Bertz CT molecular complexity index is 219. The van der Waals surface area contributed by atoms with Crippen LogP contribution in [-0.4, -0.2) is 37.1 Å². The van der Waals surface area contributed by atoms with Crippen LogP contribution in [-0.2, 0) is 0 Å². The van der Waals surface area contributed by atoms with E-state index in [0.29, 0.717) is 0 Å². The van der Waals surface area contributed by atoms with Crippen LogP contribution in [0.5, 0.6) is 0 Å². The number of likely N-dealkylation sites (tertiary alicyclic amines) is 1. The maximum atomic E-state index is 5.27. The molecule has 0 aromatic rings. The van der Waals surface area contributed by atoms with Gasteiger partial charge in [-0.15, -0.1) is 12.3 Å². The maximum absolute atomic E-state index is 5.27. The van der Waals surface area contributed by atoms with Crippen molar-refractivity contribution in [1.82, 2.24) is 10.2 Å². The Labute approximate surface area is 87.1 Å². The smallest absolute Gasteiger partial charge is 0.0260 e. The normalized spacial score (nSPS) is 32.5. The van der Waals surface area contributed by atoms with E-state index in [9.17, 15) is 0 Å². The molecule has 2 aliphatic heterocycles. The van der Waals surface area contributed by atoms with Gasteiger partial charge in [0.1, 0.15) is 0 Å². The highest BCUT2D eigenvalue weighted by Gasteiger charge is 2.34. The van der Waals surface area contributed by atoms with Crippen LogP contribution in [0.1, 0.15) is 25.7 Å². The SMILES string of the molecule is C#CCCCN1CCCC2CNCC21. The van der Waals surface area contributed by atoms with E-state index in [1.165, 1.54) is 45.4 Å². The van der Waals surface area contributed by atoms with Gasteiger partial charge in [0, 0.05) is 19.0 Å². The predicted octanol–water partition coefficient (Wildman–Crippen LogP) is 1.08. The van der Waals surface area contributed by atoms with Crippen molar-refractivity contribution in [3.05, 3.63) is 0 Å². The van der Waals surface area contributed by atoms with Gasteiger partial charge in [-0.1, -0.05) is 0 Å². The molecule has 0 bridgehead atoms. The third-order valence-electron chi connectivity index (χ3n) is 3.56. The van der Waals surface area contributed by atoms with Gasteiger partial charge >= 0.3 is 0 Å². The Hall–Kier alpha value is -0.520. The van der Waals surface area contributed by atoms with Gasteiger partial charge in [0.25, 0.3) is 0 Å². The molecule has 2 saturated heterocycles. The van der Waals surface area contributed by atoms with Gasteiger partial charge in [-0.3, -0.25) is 4.90 Å². The van der Waals surface area contributed by atoms with Crippen molar-refractivity contribution in [2.75, 3.05) is 26.2 Å². The molecule has 2 rings (SSSR count). The summed E-state index contributed by atoms with van der Waals surface area (Å²) in [5.41, 5.74) is 0. The van der Waals surface area contributed by atoms with Gasteiger partial charge in [0.2, 0.25) is 0 Å². The monoisotopic (exact) mass is 192 g/mol. The van der Waals surface area contributed by atoms with Gasteiger partial charge < -0.3 is 5.32 Å². The predicted molar refractivity (Wildman–Crippen MR) is 59.0 cm³/mol. The first-order valence-electron chi connectivity index (χ1n) is 5.80. The second-order valence-corrected chi connectivity index (χ2v) is 4.47. The minimum absolute atomic E-state index is 0.807. The van der Waals surface area contributed by atoms with Crippen LogP contribution in [0.25, 0.3) is 0 Å². The third kappa shape index (κ3) is 2.10. The minimum Gasteiger partial charge on any atom is -0.315 e. The van der Waals surface area contributed by atoms with Gasteiger partial charge in [0.15, 0.2) is 0 Å². The largest absolute Gasteiger partial charge is 0.315 e. The molecule has 0 aromatic heterocycles. The molecule has 1 N–H and O–H groups in total. The molecule has 2 atom stereocenters. The first-order chi connectivity index (χ1) is 6.92. The topological polar surface area (TPSA) is 15.3 Å². The van der Waals surface area contributed by atoms with E-state index in [2.05, 4.69) is 16.1 Å². The molecule has 0 spiro atoms. The number of nitrogens with one attached hydrogen (secondary N) is 1. The summed E-state index contributed by atoms with van der Waals surface area (Å²) in [6.07, 6.45) is 10.2. The van der Waals surface area contributed by atoms with E-state index in [1.807, 2.05) is 0 Å². The van der Waals surface area contributed by atoms with E-state index in [1.54, 1.807) is 0 Å². The molecule has 14 heavy (non-hydrogen) atoms. The van der Waals surface area contributed by atoms with Gasteiger partial charge in [-0.05, 0) is 44.8 Å². The summed E-state index contributed by atoms with van der Waals surface area (Å²) in [5, 5.41) is 3.50. The fourth-order valence-electron chi connectivity index (χ4n) is 2.83. The Morgan fingerprint density at radius 2 is 2.36 bits per heavy atom. The summed E-state index contributed by atoms with van der Waals surface area (Å²) >= 11 is 0. The molecule has 0 radical (unpaired) electrons. The van der Waals surface area contributed by atoms with Crippen molar-refractivity contribution in [2.45, 2.75) is 31.7 Å². The lowest BCUT2D eigenvalue weighted by atomic mass is 9.92. The summed E-state index contributed by atoms with van der Waals surface area (Å²) in [4.78, 5) is 2.64. The maximum Gasteiger partial charge on any atom is 0.0260 e. The average molecular weight is 192 g/mol. The lowest BCUT2D eigenvalue weighted by molar-refractivity contribution is 0.124. The molecule has 0 aromatic carbocycles. The average Bonchev–Trinajstić information content (AvgIpc) is 2.67. The molecular weight excluding hydrogens is 172 g/mol. The van der Waals surface area contributed by atoms with Gasteiger partial charge in [0.05, 0.1) is 0 Å². The number of hydrogen-bond acceptors (Lipinski definition) is 2. The molecule has 2 aliphatic rings. The number of terminal acetylenes is 1. The zero-order valence-electron chi connectivity index (χ0n) is 8.84. The molecular formula is C12H20N2. The Morgan fingerprint density at radius 1 is 1.43 bits per heavy atom. The highest BCUT2D eigenvalue weighted by molar-refractivity contribution is 4.92. The van der Waals surface area contributed by atoms with Gasteiger partial charge in [-0.2, -0.15) is 0 Å². The van der Waals surface area contributed by atoms with E-state index in [4.69, 9.17) is 6.42 Å². The Morgan fingerprint density at radius 3 is 3.21 bits per heavy atom. The molecule has 0 aliphatic carbocycles. The van der Waals surface area contributed by atoms with E-state index in [0.717, 1.165) is 18.4 Å². The number of rotatable bonds is 3. The van der Waals surface area contributed by atoms with E-state index < -0.39 is 0 Å². The lowest BCUT2D eigenvalue weighted by Gasteiger charge is -2.36. The third-order valence-corrected chi connectivity index (χ3v) is 3.56. The number of fused-ring (bicyclic) bond motifs is 1. The highest BCUT2D eigenvalue weighted by Crippen LogP contribution is 2.26. The standard InChI is InChI=1S/C12H20N2/c1-2-3-4-7-14-8-5-6-11-9-13-10-12(11)14/h1,11-13H,3-10H2. The van der Waals surface area contributed by atoms with Crippen molar-refractivity contribution < 1.29 is 0 Å². The first kappa shape index (κ1) is 10.0. The quantitative estimate of drug-likeness (QED) is 0.532. The minimum atomic E-state index is 0.807. The van der Waals surface area contributed by atoms with E-state index in [-0.39, 0.29) is 0 Å². The summed E-state index contributed by atoms with van der Waals surface area (Å²) in [7, 11) is 0. The van der Waals surface area contributed by atoms with E-state index >= 15 is 0 Å².